The second-order valence-electron chi connectivity index (χ2n) is 17.4. The van der Waals surface area contributed by atoms with Gasteiger partial charge in [-0.25, -0.2) is 15.0 Å². The fourth-order valence-electron chi connectivity index (χ4n) is 10.3. The van der Waals surface area contributed by atoms with Gasteiger partial charge in [0.15, 0.2) is 24.6 Å². The van der Waals surface area contributed by atoms with Gasteiger partial charge < -0.3 is 4.57 Å². The molecule has 4 nitrogen and oxygen atoms in total. The summed E-state index contributed by atoms with van der Waals surface area (Å²) in [6.45, 7) is 0. The third-order valence-corrected chi connectivity index (χ3v) is 16.6. The molecule has 69 heavy (non-hydrogen) atoms. The van der Waals surface area contributed by atoms with E-state index in [4.69, 9.17) is 15.0 Å². The number of benzene rings is 10. The summed E-state index contributed by atoms with van der Waals surface area (Å²) in [5.74, 6) is 1.86. The maximum absolute atomic E-state index is 15.6. The second-order valence-corrected chi connectivity index (χ2v) is 20.2. The van der Waals surface area contributed by atoms with Crippen molar-refractivity contribution in [3.8, 4) is 67.5 Å². The van der Waals surface area contributed by atoms with Crippen LogP contribution in [0.15, 0.2) is 267 Å². The molecule has 0 bridgehead atoms. The molecule has 0 fully saturated rings. The largest absolute Gasteiger partial charge is 0.309 e. The molecular formula is C64H44N3OP. The highest BCUT2D eigenvalue weighted by molar-refractivity contribution is 7.85. The molecule has 0 aliphatic heterocycles. The normalized spacial score (nSPS) is 12.5. The van der Waals surface area contributed by atoms with E-state index in [0.29, 0.717) is 17.5 Å². The lowest BCUT2D eigenvalue weighted by atomic mass is 9.67. The Morgan fingerprint density at radius 2 is 0.667 bits per heavy atom. The molecule has 0 N–H and O–H groups in total. The molecule has 0 saturated heterocycles. The first-order chi connectivity index (χ1) is 34.1. The predicted molar refractivity (Wildman–Crippen MR) is 284 cm³/mol. The van der Waals surface area contributed by atoms with Gasteiger partial charge in [0, 0.05) is 32.6 Å². The van der Waals surface area contributed by atoms with E-state index < -0.39 is 12.6 Å². The first kappa shape index (κ1) is 41.8. The number of hydrogen-bond donors (Lipinski definition) is 0. The minimum atomic E-state index is -3.20. The second kappa shape index (κ2) is 17.6. The van der Waals surface area contributed by atoms with Crippen LogP contribution >= 0.6 is 7.14 Å². The average molecular weight is 902 g/mol. The van der Waals surface area contributed by atoms with Crippen LogP contribution in [-0.2, 0) is 9.98 Å². The Kier molecular flexibility index (Phi) is 10.7. The van der Waals surface area contributed by atoms with Crippen molar-refractivity contribution in [3.05, 3.63) is 289 Å². The van der Waals surface area contributed by atoms with Crippen LogP contribution in [0, 0.1) is 0 Å². The molecule has 0 unspecified atom stereocenters. The van der Waals surface area contributed by atoms with Gasteiger partial charge in [-0.05, 0) is 67.8 Å². The summed E-state index contributed by atoms with van der Waals surface area (Å²) in [6.07, 6.45) is 0. The summed E-state index contributed by atoms with van der Waals surface area (Å²) in [7, 11) is -3.20. The number of aromatic nitrogens is 3. The zero-order chi connectivity index (χ0) is 46.2. The van der Waals surface area contributed by atoms with E-state index in [1.165, 1.54) is 33.4 Å². The first-order valence-electron chi connectivity index (χ1n) is 23.3. The van der Waals surface area contributed by atoms with Crippen LogP contribution in [0.1, 0.15) is 22.3 Å². The molecule has 5 heteroatoms. The van der Waals surface area contributed by atoms with Crippen molar-refractivity contribution in [2.24, 2.45) is 0 Å². The van der Waals surface area contributed by atoms with Crippen molar-refractivity contribution in [1.29, 1.82) is 0 Å². The van der Waals surface area contributed by atoms with E-state index in [0.717, 1.165) is 54.9 Å². The third kappa shape index (κ3) is 7.25. The van der Waals surface area contributed by atoms with Gasteiger partial charge in [0.2, 0.25) is 0 Å². The third-order valence-electron chi connectivity index (χ3n) is 13.5. The van der Waals surface area contributed by atoms with Crippen LogP contribution in [0.4, 0.5) is 0 Å². The summed E-state index contributed by atoms with van der Waals surface area (Å²) in [5, 5.41) is 2.41. The molecule has 0 radical (unpaired) electrons. The highest BCUT2D eigenvalue weighted by Gasteiger charge is 2.47. The van der Waals surface area contributed by atoms with Gasteiger partial charge in [-0.3, -0.25) is 0 Å². The van der Waals surface area contributed by atoms with Crippen molar-refractivity contribution < 1.29 is 4.57 Å². The SMILES string of the molecule is O=P(c1ccccc1)(c1ccccc1)c1ccc(-c2cc(-c3ccc(-c4nc(-c5ccccc5)nc(-c5ccccc5)n4)cc3)cc3c2-c2ccccc2C3(c2ccccc2)c2ccccc2)cc1. The maximum Gasteiger partial charge on any atom is 0.171 e. The molecule has 0 saturated carbocycles. The lowest BCUT2D eigenvalue weighted by Crippen LogP contribution is -2.28. The van der Waals surface area contributed by atoms with E-state index in [9.17, 15) is 0 Å². The summed E-state index contributed by atoms with van der Waals surface area (Å²) in [6, 6.07) is 92.5. The molecule has 10 aromatic carbocycles. The highest BCUT2D eigenvalue weighted by Crippen LogP contribution is 2.59. The van der Waals surface area contributed by atoms with E-state index >= 15 is 4.57 Å². The van der Waals surface area contributed by atoms with Crippen molar-refractivity contribution in [2.75, 3.05) is 0 Å². The van der Waals surface area contributed by atoms with Crippen LogP contribution in [0.25, 0.3) is 67.5 Å². The highest BCUT2D eigenvalue weighted by atomic mass is 31.2. The molecule has 11 aromatic rings. The van der Waals surface area contributed by atoms with Crippen molar-refractivity contribution in [1.82, 2.24) is 15.0 Å². The van der Waals surface area contributed by atoms with E-state index in [1.807, 2.05) is 121 Å². The molecule has 0 spiro atoms. The molecule has 1 aromatic heterocycles. The fraction of sp³-hybridized carbons (Fsp3) is 0.0156. The van der Waals surface area contributed by atoms with Crippen LogP contribution in [-0.4, -0.2) is 15.0 Å². The van der Waals surface area contributed by atoms with E-state index in [-0.39, 0.29) is 0 Å². The standard InChI is InChI=1S/C64H44N3OP/c68-69(53-29-15-5-16-30-53,54-31-17-6-18-32-54)55-41-39-46(40-42-55)57-43-50(44-59-60(57)56-33-19-20-34-58(56)64(59,51-25-11-3-12-26-51)52-27-13-4-14-28-52)45-35-37-49(38-36-45)63-66-61(47-21-7-1-8-22-47)65-62(67-63)48-23-9-2-10-24-48/h1-44H. The van der Waals surface area contributed by atoms with E-state index in [1.54, 1.807) is 0 Å². The van der Waals surface area contributed by atoms with E-state index in [2.05, 4.69) is 146 Å². The maximum atomic E-state index is 15.6. The quantitative estimate of drug-likeness (QED) is 0.128. The summed E-state index contributed by atoms with van der Waals surface area (Å²) in [4.78, 5) is 15.0. The van der Waals surface area contributed by atoms with Crippen molar-refractivity contribution >= 4 is 23.1 Å². The Morgan fingerprint density at radius 1 is 0.290 bits per heavy atom. The fourth-order valence-corrected chi connectivity index (χ4v) is 12.9. The summed E-state index contributed by atoms with van der Waals surface area (Å²) in [5.41, 5.74) is 13.6. The van der Waals surface area contributed by atoms with Gasteiger partial charge in [-0.1, -0.05) is 255 Å². The van der Waals surface area contributed by atoms with Gasteiger partial charge in [0.05, 0.1) is 5.41 Å². The van der Waals surface area contributed by atoms with Crippen LogP contribution < -0.4 is 15.9 Å². The monoisotopic (exact) mass is 901 g/mol. The van der Waals surface area contributed by atoms with Gasteiger partial charge in [0.1, 0.15) is 0 Å². The van der Waals surface area contributed by atoms with Gasteiger partial charge in [0.25, 0.3) is 0 Å². The van der Waals surface area contributed by atoms with Crippen LogP contribution in [0.2, 0.25) is 0 Å². The average Bonchev–Trinajstić information content (AvgIpc) is 3.75. The number of rotatable bonds is 10. The van der Waals surface area contributed by atoms with Gasteiger partial charge in [-0.15, -0.1) is 0 Å². The molecule has 1 heterocycles. The predicted octanol–water partition coefficient (Wildman–Crippen LogP) is 14.2. The Labute approximate surface area is 402 Å². The number of hydrogen-bond acceptors (Lipinski definition) is 4. The first-order valence-corrected chi connectivity index (χ1v) is 25.0. The lowest BCUT2D eigenvalue weighted by Gasteiger charge is -2.34. The molecule has 1 aliphatic rings. The zero-order valence-electron chi connectivity index (χ0n) is 37.6. The van der Waals surface area contributed by atoms with Crippen LogP contribution in [0.5, 0.6) is 0 Å². The molecule has 1 aliphatic carbocycles. The smallest absolute Gasteiger partial charge is 0.171 e. The number of fused-ring (bicyclic) bond motifs is 3. The van der Waals surface area contributed by atoms with Crippen molar-refractivity contribution in [3.63, 3.8) is 0 Å². The minimum absolute atomic E-state index is 0.606. The Bertz CT molecular complexity index is 3500. The zero-order valence-corrected chi connectivity index (χ0v) is 38.5. The summed E-state index contributed by atoms with van der Waals surface area (Å²) >= 11 is 0. The molecular weight excluding hydrogens is 858 g/mol. The topological polar surface area (TPSA) is 55.7 Å². The summed E-state index contributed by atoms with van der Waals surface area (Å²) < 4.78 is 15.6. The lowest BCUT2D eigenvalue weighted by molar-refractivity contribution is 0.592. The minimum Gasteiger partial charge on any atom is -0.309 e. The molecule has 326 valence electrons. The van der Waals surface area contributed by atoms with Crippen molar-refractivity contribution in [2.45, 2.75) is 5.41 Å². The van der Waals surface area contributed by atoms with Gasteiger partial charge >= 0.3 is 0 Å². The Hall–Kier alpha value is -8.56. The molecule has 12 rings (SSSR count). The Morgan fingerprint density at radius 3 is 1.16 bits per heavy atom. The molecule has 0 amide bonds. The number of nitrogens with zero attached hydrogens (tertiary/aromatic N) is 3. The van der Waals surface area contributed by atoms with Crippen LogP contribution in [0.3, 0.4) is 0 Å². The molecule has 0 atom stereocenters. The Balaban J connectivity index is 1.06. The van der Waals surface area contributed by atoms with Gasteiger partial charge in [-0.2, -0.15) is 0 Å².